The molecule has 0 atom stereocenters. The van der Waals surface area contributed by atoms with E-state index in [9.17, 15) is 17.6 Å². The van der Waals surface area contributed by atoms with Crippen molar-refractivity contribution in [1.29, 1.82) is 0 Å². The SMILES string of the molecule is Fc1c(Cl)cc(OC(F)(F)F)nc1Br. The van der Waals surface area contributed by atoms with Crippen LogP contribution in [0.15, 0.2) is 10.7 Å². The summed E-state index contributed by atoms with van der Waals surface area (Å²) in [4.78, 5) is 3.13. The molecular weight excluding hydrogens is 293 g/mol. The van der Waals surface area contributed by atoms with Gasteiger partial charge in [0.15, 0.2) is 5.82 Å². The third-order valence-electron chi connectivity index (χ3n) is 1.07. The van der Waals surface area contributed by atoms with Gasteiger partial charge in [-0.3, -0.25) is 0 Å². The van der Waals surface area contributed by atoms with Gasteiger partial charge in [-0.25, -0.2) is 9.37 Å². The van der Waals surface area contributed by atoms with Gasteiger partial charge in [-0.1, -0.05) is 11.6 Å². The molecule has 0 fully saturated rings. The quantitative estimate of drug-likeness (QED) is 0.584. The van der Waals surface area contributed by atoms with Gasteiger partial charge in [0.2, 0.25) is 5.88 Å². The van der Waals surface area contributed by atoms with Crippen molar-refractivity contribution in [2.45, 2.75) is 6.36 Å². The lowest BCUT2D eigenvalue weighted by atomic mass is 10.5. The minimum Gasteiger partial charge on any atom is -0.388 e. The van der Waals surface area contributed by atoms with E-state index in [1.165, 1.54) is 0 Å². The molecule has 14 heavy (non-hydrogen) atoms. The van der Waals surface area contributed by atoms with Crippen molar-refractivity contribution in [3.05, 3.63) is 21.5 Å². The average Bonchev–Trinajstić information content (AvgIpc) is 1.96. The van der Waals surface area contributed by atoms with Gasteiger partial charge in [0.25, 0.3) is 0 Å². The smallest absolute Gasteiger partial charge is 0.388 e. The summed E-state index contributed by atoms with van der Waals surface area (Å²) in [5.74, 6) is -1.77. The van der Waals surface area contributed by atoms with Crippen LogP contribution in [0.4, 0.5) is 17.6 Å². The summed E-state index contributed by atoms with van der Waals surface area (Å²) in [5.41, 5.74) is 0. The molecule has 0 unspecified atom stereocenters. The summed E-state index contributed by atoms with van der Waals surface area (Å²) in [6.45, 7) is 0. The average molecular weight is 294 g/mol. The van der Waals surface area contributed by atoms with Gasteiger partial charge in [-0.15, -0.1) is 13.2 Å². The van der Waals surface area contributed by atoms with E-state index in [0.29, 0.717) is 6.07 Å². The van der Waals surface area contributed by atoms with Crippen LogP contribution in [0.5, 0.6) is 5.88 Å². The molecule has 0 bridgehead atoms. The van der Waals surface area contributed by atoms with E-state index in [4.69, 9.17) is 11.6 Å². The van der Waals surface area contributed by atoms with Crippen molar-refractivity contribution >= 4 is 27.5 Å². The maximum Gasteiger partial charge on any atom is 0.574 e. The number of nitrogens with zero attached hydrogens (tertiary/aromatic N) is 1. The Morgan fingerprint density at radius 1 is 1.43 bits per heavy atom. The highest BCUT2D eigenvalue weighted by Gasteiger charge is 2.32. The molecule has 1 aromatic heterocycles. The van der Waals surface area contributed by atoms with Gasteiger partial charge in [0.1, 0.15) is 4.60 Å². The topological polar surface area (TPSA) is 22.1 Å². The van der Waals surface area contributed by atoms with Gasteiger partial charge in [0, 0.05) is 6.07 Å². The van der Waals surface area contributed by atoms with Gasteiger partial charge in [-0.2, -0.15) is 0 Å². The van der Waals surface area contributed by atoms with Crippen LogP contribution >= 0.6 is 27.5 Å². The Labute approximate surface area is 89.0 Å². The summed E-state index contributed by atoms with van der Waals surface area (Å²) < 4.78 is 50.8. The molecule has 0 aromatic carbocycles. The highest BCUT2D eigenvalue weighted by atomic mass is 79.9. The standard InChI is InChI=1S/C6HBrClF4NO/c7-5-4(9)2(8)1-3(13-5)14-6(10,11)12/h1H. The highest BCUT2D eigenvalue weighted by molar-refractivity contribution is 9.10. The van der Waals surface area contributed by atoms with Crippen LogP contribution in [0.1, 0.15) is 0 Å². The number of aromatic nitrogens is 1. The fraction of sp³-hybridized carbons (Fsp3) is 0.167. The molecular formula is C6HBrClF4NO. The molecule has 0 aliphatic rings. The fourth-order valence-corrected chi connectivity index (χ4v) is 1.30. The van der Waals surface area contributed by atoms with Crippen molar-refractivity contribution in [3.8, 4) is 5.88 Å². The predicted octanol–water partition coefficient (Wildman–Crippen LogP) is 3.54. The first-order valence-electron chi connectivity index (χ1n) is 3.07. The lowest BCUT2D eigenvalue weighted by Gasteiger charge is -2.08. The normalized spacial score (nSPS) is 11.6. The second-order valence-electron chi connectivity index (χ2n) is 2.09. The van der Waals surface area contributed by atoms with E-state index in [1.54, 1.807) is 0 Å². The molecule has 1 heterocycles. The molecule has 0 N–H and O–H groups in total. The minimum absolute atomic E-state index is 0.441. The van der Waals surface area contributed by atoms with Gasteiger partial charge in [-0.05, 0) is 15.9 Å². The molecule has 2 nitrogen and oxygen atoms in total. The fourth-order valence-electron chi connectivity index (χ4n) is 0.619. The third-order valence-corrected chi connectivity index (χ3v) is 1.87. The molecule has 0 aliphatic heterocycles. The maximum atomic E-state index is 12.8. The second-order valence-corrected chi connectivity index (χ2v) is 3.25. The van der Waals surface area contributed by atoms with Crippen molar-refractivity contribution in [2.75, 3.05) is 0 Å². The zero-order valence-corrected chi connectivity index (χ0v) is 8.54. The van der Waals surface area contributed by atoms with Crippen molar-refractivity contribution in [3.63, 3.8) is 0 Å². The van der Waals surface area contributed by atoms with Crippen LogP contribution in [0, 0.1) is 5.82 Å². The number of hydrogen-bond donors (Lipinski definition) is 0. The van der Waals surface area contributed by atoms with Crippen LogP contribution in [0.25, 0.3) is 0 Å². The molecule has 8 heteroatoms. The van der Waals surface area contributed by atoms with Crippen LogP contribution in [0.3, 0.4) is 0 Å². The summed E-state index contributed by atoms with van der Waals surface area (Å²) in [7, 11) is 0. The molecule has 1 aromatic rings. The largest absolute Gasteiger partial charge is 0.574 e. The van der Waals surface area contributed by atoms with E-state index in [2.05, 4.69) is 25.7 Å². The highest BCUT2D eigenvalue weighted by Crippen LogP contribution is 2.28. The lowest BCUT2D eigenvalue weighted by molar-refractivity contribution is -0.276. The van der Waals surface area contributed by atoms with Crippen molar-refractivity contribution < 1.29 is 22.3 Å². The van der Waals surface area contributed by atoms with Crippen molar-refractivity contribution in [2.24, 2.45) is 0 Å². The Morgan fingerprint density at radius 2 is 2.00 bits per heavy atom. The Hall–Kier alpha value is -0.560. The van der Waals surface area contributed by atoms with E-state index < -0.39 is 27.7 Å². The monoisotopic (exact) mass is 293 g/mol. The molecule has 0 saturated carbocycles. The molecule has 0 spiro atoms. The number of pyridine rings is 1. The Morgan fingerprint density at radius 3 is 2.43 bits per heavy atom. The number of halogens is 6. The maximum absolute atomic E-state index is 12.8. The van der Waals surface area contributed by atoms with Crippen LogP contribution < -0.4 is 4.74 Å². The van der Waals surface area contributed by atoms with E-state index in [1.807, 2.05) is 0 Å². The van der Waals surface area contributed by atoms with E-state index in [-0.39, 0.29) is 0 Å². The molecule has 0 saturated heterocycles. The first-order chi connectivity index (χ1) is 6.29. The van der Waals surface area contributed by atoms with Gasteiger partial charge < -0.3 is 4.74 Å². The van der Waals surface area contributed by atoms with Gasteiger partial charge in [0.05, 0.1) is 5.02 Å². The zero-order valence-electron chi connectivity index (χ0n) is 6.20. The lowest BCUT2D eigenvalue weighted by Crippen LogP contribution is -2.18. The second kappa shape index (κ2) is 3.90. The summed E-state index contributed by atoms with van der Waals surface area (Å²) in [6, 6.07) is 0.634. The zero-order chi connectivity index (χ0) is 10.9. The first kappa shape index (κ1) is 11.5. The summed E-state index contributed by atoms with van der Waals surface area (Å²) >= 11 is 7.84. The number of ether oxygens (including phenoxy) is 1. The summed E-state index contributed by atoms with van der Waals surface area (Å²) in [5, 5.41) is -0.508. The number of rotatable bonds is 1. The summed E-state index contributed by atoms with van der Waals surface area (Å²) in [6.07, 6.45) is -4.88. The van der Waals surface area contributed by atoms with E-state index in [0.717, 1.165) is 0 Å². The third kappa shape index (κ3) is 2.98. The molecule has 1 rings (SSSR count). The predicted molar refractivity (Wildman–Crippen MR) is 43.6 cm³/mol. The van der Waals surface area contributed by atoms with E-state index >= 15 is 0 Å². The Kier molecular flexibility index (Phi) is 3.20. The van der Waals surface area contributed by atoms with Crippen LogP contribution in [-0.2, 0) is 0 Å². The van der Waals surface area contributed by atoms with Crippen molar-refractivity contribution in [1.82, 2.24) is 4.98 Å². The number of alkyl halides is 3. The van der Waals surface area contributed by atoms with Crippen LogP contribution in [-0.4, -0.2) is 11.3 Å². The van der Waals surface area contributed by atoms with Crippen LogP contribution in [0.2, 0.25) is 5.02 Å². The molecule has 0 aliphatic carbocycles. The molecule has 0 radical (unpaired) electrons. The Bertz CT molecular complexity index is 333. The first-order valence-corrected chi connectivity index (χ1v) is 4.24. The molecule has 0 amide bonds. The van der Waals surface area contributed by atoms with Gasteiger partial charge >= 0.3 is 6.36 Å². The minimum atomic E-state index is -4.88. The molecule has 78 valence electrons. The number of hydrogen-bond acceptors (Lipinski definition) is 2. The Balaban J connectivity index is 3.02.